The Morgan fingerprint density at radius 2 is 1.20 bits per heavy atom. The van der Waals surface area contributed by atoms with Crippen LogP contribution < -0.4 is 0 Å². The molecule has 0 saturated heterocycles. The van der Waals surface area contributed by atoms with Gasteiger partial charge in [0, 0.05) is 11.1 Å². The molecule has 0 saturated carbocycles. The molecule has 6 nitrogen and oxygen atoms in total. The molecule has 0 heterocycles. The summed E-state index contributed by atoms with van der Waals surface area (Å²) in [6, 6.07) is 0. The molecule has 0 fully saturated rings. The minimum absolute atomic E-state index is 0.160. The summed E-state index contributed by atoms with van der Waals surface area (Å²) in [6.45, 7) is 12.6. The highest BCUT2D eigenvalue weighted by molar-refractivity contribution is 5.88. The lowest BCUT2D eigenvalue weighted by atomic mass is 9.97. The van der Waals surface area contributed by atoms with Crippen molar-refractivity contribution in [2.24, 2.45) is 5.92 Å². The zero-order chi connectivity index (χ0) is 16.0. The topological polar surface area (TPSA) is 89.9 Å². The molecule has 112 valence electrons. The third kappa shape index (κ3) is 5.26. The van der Waals surface area contributed by atoms with E-state index in [1.807, 2.05) is 0 Å². The summed E-state index contributed by atoms with van der Waals surface area (Å²) in [7, 11) is 0. The highest BCUT2D eigenvalue weighted by Crippen LogP contribution is 2.18. The molecule has 1 N–H and O–H groups in total. The number of aliphatic carboxylic acids is 1. The van der Waals surface area contributed by atoms with Gasteiger partial charge in [0.15, 0.2) is 0 Å². The van der Waals surface area contributed by atoms with Crippen molar-refractivity contribution in [1.82, 2.24) is 0 Å². The monoisotopic (exact) mass is 284 g/mol. The zero-order valence-electron chi connectivity index (χ0n) is 12.1. The minimum Gasteiger partial charge on any atom is -0.481 e. The Labute approximate surface area is 118 Å². The number of rotatable bonds is 7. The summed E-state index contributed by atoms with van der Waals surface area (Å²) < 4.78 is 9.93. The van der Waals surface area contributed by atoms with E-state index in [1.165, 1.54) is 27.7 Å². The van der Waals surface area contributed by atoms with Crippen molar-refractivity contribution in [3.05, 3.63) is 24.3 Å². The molecular weight excluding hydrogens is 264 g/mol. The van der Waals surface area contributed by atoms with Gasteiger partial charge in [-0.05, 0) is 27.7 Å². The van der Waals surface area contributed by atoms with E-state index in [-0.39, 0.29) is 11.1 Å². The van der Waals surface area contributed by atoms with Crippen LogP contribution in [-0.2, 0) is 23.9 Å². The number of carboxylic acids is 1. The predicted molar refractivity (Wildman–Crippen MR) is 71.9 cm³/mol. The summed E-state index contributed by atoms with van der Waals surface area (Å²) in [6.07, 6.45) is -1.94. The first kappa shape index (κ1) is 17.9. The first-order valence-electron chi connectivity index (χ1n) is 6.03. The van der Waals surface area contributed by atoms with Crippen LogP contribution in [0.2, 0.25) is 0 Å². The van der Waals surface area contributed by atoms with Crippen LogP contribution in [0.4, 0.5) is 0 Å². The quantitative estimate of drug-likeness (QED) is 0.565. The molecule has 0 bridgehead atoms. The van der Waals surface area contributed by atoms with E-state index in [1.54, 1.807) is 0 Å². The van der Waals surface area contributed by atoms with E-state index in [0.29, 0.717) is 0 Å². The minimum atomic E-state index is -1.23. The molecule has 0 aromatic rings. The highest BCUT2D eigenvalue weighted by atomic mass is 16.6. The van der Waals surface area contributed by atoms with Gasteiger partial charge in [0.2, 0.25) is 0 Å². The molecule has 0 aliphatic carbocycles. The van der Waals surface area contributed by atoms with Crippen molar-refractivity contribution in [1.29, 1.82) is 0 Å². The lowest BCUT2D eigenvalue weighted by Gasteiger charge is -2.25. The molecule has 20 heavy (non-hydrogen) atoms. The number of hydrogen-bond donors (Lipinski definition) is 1. The van der Waals surface area contributed by atoms with Gasteiger partial charge in [-0.25, -0.2) is 9.59 Å². The van der Waals surface area contributed by atoms with Gasteiger partial charge in [0.05, 0.1) is 0 Å². The third-order valence-electron chi connectivity index (χ3n) is 2.58. The zero-order valence-corrected chi connectivity index (χ0v) is 12.1. The molecule has 0 aromatic carbocycles. The second-order valence-electron chi connectivity index (χ2n) is 4.65. The summed E-state index contributed by atoms with van der Waals surface area (Å²) in [5, 5.41) is 9.19. The highest BCUT2D eigenvalue weighted by Gasteiger charge is 2.35. The first-order valence-corrected chi connectivity index (χ1v) is 6.03. The fourth-order valence-electron chi connectivity index (χ4n) is 1.47. The van der Waals surface area contributed by atoms with Crippen molar-refractivity contribution in [2.75, 3.05) is 0 Å². The van der Waals surface area contributed by atoms with Crippen LogP contribution in [0, 0.1) is 5.92 Å². The molecule has 0 amide bonds. The normalized spacial score (nSPS) is 14.6. The predicted octanol–water partition coefficient (Wildman–Crippen LogP) is 1.70. The van der Waals surface area contributed by atoms with E-state index in [2.05, 4.69) is 13.2 Å². The van der Waals surface area contributed by atoms with Gasteiger partial charge >= 0.3 is 17.9 Å². The second-order valence-corrected chi connectivity index (χ2v) is 4.65. The van der Waals surface area contributed by atoms with Crippen LogP contribution in [0.25, 0.3) is 0 Å². The maximum absolute atomic E-state index is 11.4. The molecule has 2 atom stereocenters. The van der Waals surface area contributed by atoms with E-state index in [4.69, 9.17) is 9.47 Å². The van der Waals surface area contributed by atoms with E-state index in [0.717, 1.165) is 0 Å². The maximum atomic E-state index is 11.4. The van der Waals surface area contributed by atoms with Crippen molar-refractivity contribution < 1.29 is 29.0 Å². The number of carboxylic acid groups (broad SMARTS) is 1. The van der Waals surface area contributed by atoms with Crippen LogP contribution in [0.5, 0.6) is 0 Å². The van der Waals surface area contributed by atoms with Crippen molar-refractivity contribution >= 4 is 17.9 Å². The van der Waals surface area contributed by atoms with E-state index in [9.17, 15) is 19.5 Å². The second kappa shape index (κ2) is 7.47. The molecule has 6 heteroatoms. The molecule has 0 rings (SSSR count). The average molecular weight is 284 g/mol. The smallest absolute Gasteiger partial charge is 0.333 e. The molecule has 2 unspecified atom stereocenters. The Balaban J connectivity index is 4.91. The molecular formula is C14H20O6. The number of esters is 2. The van der Waals surface area contributed by atoms with Crippen molar-refractivity contribution in [2.45, 2.75) is 39.9 Å². The van der Waals surface area contributed by atoms with Crippen LogP contribution in [-0.4, -0.2) is 35.2 Å². The Kier molecular flexibility index (Phi) is 6.68. The van der Waals surface area contributed by atoms with Crippen LogP contribution in [0.15, 0.2) is 24.3 Å². The largest absolute Gasteiger partial charge is 0.481 e. The van der Waals surface area contributed by atoms with Gasteiger partial charge in [-0.3, -0.25) is 4.79 Å². The fraction of sp³-hybridized carbons (Fsp3) is 0.500. The number of carbonyl (C=O) groups excluding carboxylic acids is 2. The summed E-state index contributed by atoms with van der Waals surface area (Å²) >= 11 is 0. The van der Waals surface area contributed by atoms with Crippen LogP contribution in [0.1, 0.15) is 27.7 Å². The Bertz CT molecular complexity index is 403. The van der Waals surface area contributed by atoms with Gasteiger partial charge < -0.3 is 14.6 Å². The average Bonchev–Trinajstić information content (AvgIpc) is 2.27. The maximum Gasteiger partial charge on any atom is 0.333 e. The fourth-order valence-corrected chi connectivity index (χ4v) is 1.47. The Hall–Kier alpha value is -2.11. The van der Waals surface area contributed by atoms with E-state index >= 15 is 0 Å². The van der Waals surface area contributed by atoms with Gasteiger partial charge in [-0.1, -0.05) is 13.2 Å². The molecule has 0 aromatic heterocycles. The van der Waals surface area contributed by atoms with Gasteiger partial charge in [0.25, 0.3) is 0 Å². The van der Waals surface area contributed by atoms with Crippen molar-refractivity contribution in [3.8, 4) is 0 Å². The van der Waals surface area contributed by atoms with Gasteiger partial charge in [0.1, 0.15) is 18.1 Å². The molecule has 0 radical (unpaired) electrons. The Morgan fingerprint density at radius 3 is 1.40 bits per heavy atom. The molecule has 0 spiro atoms. The van der Waals surface area contributed by atoms with Crippen LogP contribution >= 0.6 is 0 Å². The number of ether oxygens (including phenoxy) is 2. The first-order chi connectivity index (χ1) is 9.07. The molecule has 0 aliphatic heterocycles. The summed E-state index contributed by atoms with van der Waals surface area (Å²) in [5.41, 5.74) is 0.320. The van der Waals surface area contributed by atoms with Crippen LogP contribution in [0.3, 0.4) is 0 Å². The molecule has 0 aliphatic rings. The lowest BCUT2D eigenvalue weighted by Crippen LogP contribution is -2.40. The lowest BCUT2D eigenvalue weighted by molar-refractivity contribution is -0.165. The SMILES string of the molecule is C=C(C)C(=O)OC(C)C(C(=O)O)C(C)OC(=O)C(=C)C. The standard InChI is InChI=1S/C14H20O6/c1-7(2)13(17)19-9(5)11(12(15)16)10(6)20-14(18)8(3)4/h9-11H,1,3H2,2,4-6H3,(H,15,16). The third-order valence-corrected chi connectivity index (χ3v) is 2.58. The number of carbonyl (C=O) groups is 3. The summed E-state index contributed by atoms with van der Waals surface area (Å²) in [4.78, 5) is 34.1. The number of hydrogen-bond acceptors (Lipinski definition) is 5. The van der Waals surface area contributed by atoms with E-state index < -0.39 is 36.0 Å². The van der Waals surface area contributed by atoms with Gasteiger partial charge in [-0.15, -0.1) is 0 Å². The Morgan fingerprint density at radius 1 is 0.900 bits per heavy atom. The summed E-state index contributed by atoms with van der Waals surface area (Å²) in [5.74, 6) is -3.79. The van der Waals surface area contributed by atoms with Gasteiger partial charge in [-0.2, -0.15) is 0 Å². The van der Waals surface area contributed by atoms with Crippen molar-refractivity contribution in [3.63, 3.8) is 0 Å².